The molecule has 0 spiro atoms. The molecule has 1 saturated carbocycles. The van der Waals surface area contributed by atoms with Gasteiger partial charge in [-0.1, -0.05) is 19.3 Å². The van der Waals surface area contributed by atoms with Gasteiger partial charge in [-0.3, -0.25) is 4.90 Å². The van der Waals surface area contributed by atoms with Gasteiger partial charge in [-0.2, -0.15) is 0 Å². The highest BCUT2D eigenvalue weighted by atomic mass is 16.3. The van der Waals surface area contributed by atoms with E-state index >= 15 is 0 Å². The third-order valence-corrected chi connectivity index (χ3v) is 5.89. The van der Waals surface area contributed by atoms with Crippen molar-refractivity contribution < 1.29 is 9.90 Å². The molecule has 0 unspecified atom stereocenters. The van der Waals surface area contributed by atoms with Crippen LogP contribution >= 0.6 is 0 Å². The second kappa shape index (κ2) is 7.18. The van der Waals surface area contributed by atoms with Crippen molar-refractivity contribution in [2.45, 2.75) is 69.6 Å². The second-order valence-corrected chi connectivity index (χ2v) is 7.44. The van der Waals surface area contributed by atoms with Crippen LogP contribution in [-0.2, 0) is 0 Å². The molecular weight excluding hydrogens is 278 g/mol. The lowest BCUT2D eigenvalue weighted by Crippen LogP contribution is -2.51. The number of fused-ring (bicyclic) bond motifs is 1. The molecule has 1 aliphatic carbocycles. The molecule has 5 nitrogen and oxygen atoms in total. The summed E-state index contributed by atoms with van der Waals surface area (Å²) in [6, 6.07) is 0.896. The van der Waals surface area contributed by atoms with E-state index < -0.39 is 0 Å². The SMILES string of the molecule is CN(C[C@@H]1CCCC[C@@H]1O)C(=O)N[C@@H]1CCN2CCCC[C@@H]12. The number of urea groups is 1. The lowest BCUT2D eigenvalue weighted by molar-refractivity contribution is 0.0560. The standard InChI is InChI=1S/C17H31N3O2/c1-19(12-13-6-2-3-8-16(13)21)17(22)18-14-9-11-20-10-5-4-7-15(14)20/h13-16,21H,2-12H2,1H3,(H,18,22)/t13-,14+,15-,16-/m0/s1. The number of piperidine rings is 1. The number of carbonyl (C=O) groups is 1. The minimum absolute atomic E-state index is 0.0372. The van der Waals surface area contributed by atoms with E-state index in [0.29, 0.717) is 18.6 Å². The lowest BCUT2D eigenvalue weighted by Gasteiger charge is -2.34. The van der Waals surface area contributed by atoms with Crippen molar-refractivity contribution >= 4 is 6.03 Å². The molecule has 2 heterocycles. The Bertz CT molecular complexity index is 390. The van der Waals surface area contributed by atoms with Crippen LogP contribution in [0.4, 0.5) is 4.79 Å². The summed E-state index contributed by atoms with van der Waals surface area (Å²) in [6.45, 7) is 3.00. The van der Waals surface area contributed by atoms with Crippen molar-refractivity contribution in [1.82, 2.24) is 15.1 Å². The van der Waals surface area contributed by atoms with Crippen LogP contribution in [-0.4, -0.2) is 65.8 Å². The van der Waals surface area contributed by atoms with Crippen LogP contribution in [0.25, 0.3) is 0 Å². The van der Waals surface area contributed by atoms with Crippen LogP contribution in [0.1, 0.15) is 51.4 Å². The number of aliphatic hydroxyl groups is 1. The van der Waals surface area contributed by atoms with Gasteiger partial charge in [-0.05, 0) is 38.6 Å². The first-order valence-corrected chi connectivity index (χ1v) is 9.09. The maximum atomic E-state index is 12.5. The Balaban J connectivity index is 1.48. The maximum absolute atomic E-state index is 12.5. The minimum Gasteiger partial charge on any atom is -0.393 e. The van der Waals surface area contributed by atoms with Crippen LogP contribution in [0.5, 0.6) is 0 Å². The fourth-order valence-corrected chi connectivity index (χ4v) is 4.52. The molecule has 3 rings (SSSR count). The van der Waals surface area contributed by atoms with E-state index in [1.54, 1.807) is 4.90 Å². The van der Waals surface area contributed by atoms with E-state index in [-0.39, 0.29) is 18.1 Å². The number of rotatable bonds is 3. The predicted molar refractivity (Wildman–Crippen MR) is 86.7 cm³/mol. The van der Waals surface area contributed by atoms with Gasteiger partial charge < -0.3 is 15.3 Å². The van der Waals surface area contributed by atoms with Gasteiger partial charge in [-0.15, -0.1) is 0 Å². The summed E-state index contributed by atoms with van der Waals surface area (Å²) in [7, 11) is 1.87. The number of carbonyl (C=O) groups excluding carboxylic acids is 1. The molecule has 2 N–H and O–H groups in total. The van der Waals surface area contributed by atoms with Crippen molar-refractivity contribution in [3.63, 3.8) is 0 Å². The zero-order valence-corrected chi connectivity index (χ0v) is 13.8. The van der Waals surface area contributed by atoms with E-state index in [9.17, 15) is 9.90 Å². The first-order valence-electron chi connectivity index (χ1n) is 9.09. The quantitative estimate of drug-likeness (QED) is 0.836. The first-order chi connectivity index (χ1) is 10.6. The molecule has 5 heteroatoms. The summed E-state index contributed by atoms with van der Waals surface area (Å²) < 4.78 is 0. The van der Waals surface area contributed by atoms with Crippen LogP contribution in [0.15, 0.2) is 0 Å². The highest BCUT2D eigenvalue weighted by molar-refractivity contribution is 5.74. The summed E-state index contributed by atoms with van der Waals surface area (Å²) in [5, 5.41) is 13.3. The van der Waals surface area contributed by atoms with Crippen molar-refractivity contribution in [1.29, 1.82) is 0 Å². The summed E-state index contributed by atoms with van der Waals surface area (Å²) in [4.78, 5) is 16.8. The highest BCUT2D eigenvalue weighted by Gasteiger charge is 2.36. The Kier molecular flexibility index (Phi) is 5.24. The molecule has 0 aromatic heterocycles. The van der Waals surface area contributed by atoms with Crippen molar-refractivity contribution in [3.05, 3.63) is 0 Å². The number of hydrogen-bond acceptors (Lipinski definition) is 3. The van der Waals surface area contributed by atoms with Gasteiger partial charge in [0.15, 0.2) is 0 Å². The first kappa shape index (κ1) is 16.1. The molecule has 4 atom stereocenters. The Morgan fingerprint density at radius 2 is 1.91 bits per heavy atom. The van der Waals surface area contributed by atoms with Crippen LogP contribution < -0.4 is 5.32 Å². The van der Waals surface area contributed by atoms with Gasteiger partial charge in [0.2, 0.25) is 0 Å². The van der Waals surface area contributed by atoms with Crippen molar-refractivity contribution in [2.24, 2.45) is 5.92 Å². The average molecular weight is 309 g/mol. The highest BCUT2D eigenvalue weighted by Crippen LogP contribution is 2.28. The van der Waals surface area contributed by atoms with E-state index in [1.807, 2.05) is 7.05 Å². The number of nitrogens with one attached hydrogen (secondary N) is 1. The van der Waals surface area contributed by atoms with Gasteiger partial charge in [0.05, 0.1) is 6.10 Å². The van der Waals surface area contributed by atoms with Gasteiger partial charge in [0.1, 0.15) is 0 Å². The number of amides is 2. The Morgan fingerprint density at radius 1 is 1.14 bits per heavy atom. The lowest BCUT2D eigenvalue weighted by atomic mass is 9.86. The summed E-state index contributed by atoms with van der Waals surface area (Å²) in [5.41, 5.74) is 0. The van der Waals surface area contributed by atoms with Gasteiger partial charge >= 0.3 is 6.03 Å². The largest absolute Gasteiger partial charge is 0.393 e. The molecule has 3 aliphatic rings. The normalized spacial score (nSPS) is 35.9. The van der Waals surface area contributed by atoms with E-state index in [0.717, 1.165) is 32.2 Å². The van der Waals surface area contributed by atoms with Crippen LogP contribution in [0, 0.1) is 5.92 Å². The molecule has 0 radical (unpaired) electrons. The fraction of sp³-hybridized carbons (Fsp3) is 0.941. The molecule has 2 saturated heterocycles. The molecule has 0 aromatic rings. The number of hydrogen-bond donors (Lipinski definition) is 2. The number of aliphatic hydroxyl groups excluding tert-OH is 1. The molecule has 2 amide bonds. The molecule has 0 aromatic carbocycles. The van der Waals surface area contributed by atoms with Gasteiger partial charge in [0.25, 0.3) is 0 Å². The van der Waals surface area contributed by atoms with Crippen molar-refractivity contribution in [2.75, 3.05) is 26.7 Å². The van der Waals surface area contributed by atoms with E-state index in [1.165, 1.54) is 32.2 Å². The molecule has 22 heavy (non-hydrogen) atoms. The van der Waals surface area contributed by atoms with E-state index in [4.69, 9.17) is 0 Å². The third kappa shape index (κ3) is 3.57. The average Bonchev–Trinajstić information content (AvgIpc) is 2.93. The maximum Gasteiger partial charge on any atom is 0.317 e. The van der Waals surface area contributed by atoms with Crippen LogP contribution in [0.2, 0.25) is 0 Å². The third-order valence-electron chi connectivity index (χ3n) is 5.89. The monoisotopic (exact) mass is 309 g/mol. The van der Waals surface area contributed by atoms with Gasteiger partial charge in [-0.25, -0.2) is 4.79 Å². The topological polar surface area (TPSA) is 55.8 Å². The summed E-state index contributed by atoms with van der Waals surface area (Å²) in [5.74, 6) is 0.249. The molecule has 0 bridgehead atoms. The Hall–Kier alpha value is -0.810. The molecule has 3 fully saturated rings. The molecule has 2 aliphatic heterocycles. The second-order valence-electron chi connectivity index (χ2n) is 7.44. The van der Waals surface area contributed by atoms with Crippen molar-refractivity contribution in [3.8, 4) is 0 Å². The fourth-order valence-electron chi connectivity index (χ4n) is 4.52. The number of nitrogens with zero attached hydrogens (tertiary/aromatic N) is 2. The van der Waals surface area contributed by atoms with E-state index in [2.05, 4.69) is 10.2 Å². The minimum atomic E-state index is -0.232. The Labute approximate surface area is 134 Å². The molecule has 126 valence electrons. The Morgan fingerprint density at radius 3 is 2.73 bits per heavy atom. The zero-order chi connectivity index (χ0) is 15.5. The van der Waals surface area contributed by atoms with Gasteiger partial charge in [0, 0.05) is 38.1 Å². The molecular formula is C17H31N3O2. The zero-order valence-electron chi connectivity index (χ0n) is 13.8. The van der Waals surface area contributed by atoms with Crippen LogP contribution in [0.3, 0.4) is 0 Å². The smallest absolute Gasteiger partial charge is 0.317 e. The summed E-state index contributed by atoms with van der Waals surface area (Å²) in [6.07, 6.45) is 8.88. The summed E-state index contributed by atoms with van der Waals surface area (Å²) >= 11 is 0. The predicted octanol–water partition coefficient (Wildman–Crippen LogP) is 1.81.